The van der Waals surface area contributed by atoms with Crippen LogP contribution in [0.3, 0.4) is 0 Å². The minimum atomic E-state index is -3.26. The number of rotatable bonds is 8. The average molecular weight is 517 g/mol. The Morgan fingerprint density at radius 2 is 1.97 bits per heavy atom. The zero-order chi connectivity index (χ0) is 25.8. The van der Waals surface area contributed by atoms with E-state index in [0.29, 0.717) is 31.2 Å². The average Bonchev–Trinajstić information content (AvgIpc) is 2.86. The fourth-order valence-electron chi connectivity index (χ4n) is 4.75. The predicted molar refractivity (Wildman–Crippen MR) is 138 cm³/mol. The topological polar surface area (TPSA) is 106 Å². The van der Waals surface area contributed by atoms with Gasteiger partial charge in [0, 0.05) is 44.3 Å². The van der Waals surface area contributed by atoms with Crippen LogP contribution in [0.1, 0.15) is 50.7 Å². The van der Waals surface area contributed by atoms with E-state index in [-0.39, 0.29) is 36.2 Å². The molecule has 196 valence electrons. The molecule has 1 aromatic carbocycles. The Bertz CT molecular complexity index is 1160. The molecule has 2 aliphatic heterocycles. The lowest BCUT2D eigenvalue weighted by Gasteiger charge is -2.44. The number of sulfone groups is 1. The molecule has 1 aromatic heterocycles. The standard InChI is InChI=1S/C27H36N2O6S/c1-20(2)18-34-26(31)29-12-10-27(11-13-29)9-8-23-16-22(5-7-25(23)35-27)24-6-4-21(17-28-24)19-36(32,33)15-3-14-30/h4-7,16-17,20,30H,3,8-15,18-19H2,1-2H3. The molecule has 1 spiro atoms. The minimum absolute atomic E-state index is 0.0299. The fraction of sp³-hybridized carbons (Fsp3) is 0.556. The lowest BCUT2D eigenvalue weighted by Crippen LogP contribution is -2.51. The Hall–Kier alpha value is -2.65. The highest BCUT2D eigenvalue weighted by molar-refractivity contribution is 7.90. The molecular weight excluding hydrogens is 480 g/mol. The molecule has 0 radical (unpaired) electrons. The van der Waals surface area contributed by atoms with Crippen molar-refractivity contribution in [2.45, 2.75) is 57.3 Å². The fourth-order valence-corrected chi connectivity index (χ4v) is 6.14. The number of amides is 1. The van der Waals surface area contributed by atoms with Gasteiger partial charge in [0.1, 0.15) is 11.4 Å². The van der Waals surface area contributed by atoms with Crippen LogP contribution >= 0.6 is 0 Å². The van der Waals surface area contributed by atoms with E-state index < -0.39 is 9.84 Å². The number of hydrogen-bond acceptors (Lipinski definition) is 7. The first-order valence-electron chi connectivity index (χ1n) is 12.7. The van der Waals surface area contributed by atoms with Gasteiger partial charge in [-0.15, -0.1) is 0 Å². The van der Waals surface area contributed by atoms with Crippen molar-refractivity contribution >= 4 is 15.9 Å². The van der Waals surface area contributed by atoms with E-state index >= 15 is 0 Å². The van der Waals surface area contributed by atoms with Crippen LogP contribution in [-0.2, 0) is 26.7 Å². The maximum absolute atomic E-state index is 12.3. The Morgan fingerprint density at radius 3 is 2.64 bits per heavy atom. The van der Waals surface area contributed by atoms with Crippen molar-refractivity contribution < 1.29 is 27.8 Å². The highest BCUT2D eigenvalue weighted by Crippen LogP contribution is 2.40. The van der Waals surface area contributed by atoms with Crippen molar-refractivity contribution in [1.29, 1.82) is 0 Å². The second kappa shape index (κ2) is 11.2. The van der Waals surface area contributed by atoms with Crippen molar-refractivity contribution in [1.82, 2.24) is 9.88 Å². The van der Waals surface area contributed by atoms with Crippen LogP contribution in [0.5, 0.6) is 5.75 Å². The third kappa shape index (κ3) is 6.56. The molecule has 1 saturated heterocycles. The molecule has 0 bridgehead atoms. The number of ether oxygens (including phenoxy) is 2. The van der Waals surface area contributed by atoms with Gasteiger partial charge in [-0.25, -0.2) is 13.2 Å². The number of aliphatic hydroxyl groups excluding tert-OH is 1. The van der Waals surface area contributed by atoms with E-state index in [1.165, 1.54) is 0 Å². The number of pyridine rings is 1. The zero-order valence-electron chi connectivity index (χ0n) is 21.1. The highest BCUT2D eigenvalue weighted by atomic mass is 32.2. The molecule has 4 rings (SSSR count). The van der Waals surface area contributed by atoms with Gasteiger partial charge in [0.15, 0.2) is 9.84 Å². The predicted octanol–water partition coefficient (Wildman–Crippen LogP) is 4.00. The highest BCUT2D eigenvalue weighted by Gasteiger charge is 2.40. The van der Waals surface area contributed by atoms with Gasteiger partial charge in [0.2, 0.25) is 0 Å². The summed E-state index contributed by atoms with van der Waals surface area (Å²) in [6, 6.07) is 9.71. The molecule has 1 fully saturated rings. The van der Waals surface area contributed by atoms with Gasteiger partial charge in [-0.2, -0.15) is 0 Å². The summed E-state index contributed by atoms with van der Waals surface area (Å²) in [6.07, 6.45) is 4.98. The summed E-state index contributed by atoms with van der Waals surface area (Å²) in [7, 11) is -3.26. The van der Waals surface area contributed by atoms with Gasteiger partial charge in [-0.3, -0.25) is 4.98 Å². The molecule has 0 atom stereocenters. The summed E-state index contributed by atoms with van der Waals surface area (Å²) in [5, 5.41) is 8.87. The first-order valence-corrected chi connectivity index (χ1v) is 14.5. The molecule has 1 amide bonds. The minimum Gasteiger partial charge on any atom is -0.487 e. The first kappa shape index (κ1) is 26.4. The van der Waals surface area contributed by atoms with E-state index in [2.05, 4.69) is 11.1 Å². The number of likely N-dealkylation sites (tertiary alicyclic amines) is 1. The largest absolute Gasteiger partial charge is 0.487 e. The van der Waals surface area contributed by atoms with Gasteiger partial charge >= 0.3 is 6.09 Å². The number of fused-ring (bicyclic) bond motifs is 1. The third-order valence-corrected chi connectivity index (χ3v) is 8.51. The second-order valence-corrected chi connectivity index (χ2v) is 12.5. The number of piperidine rings is 1. The summed E-state index contributed by atoms with van der Waals surface area (Å²) >= 11 is 0. The molecule has 0 saturated carbocycles. The molecule has 1 N–H and O–H groups in total. The summed E-state index contributed by atoms with van der Waals surface area (Å²) in [5.74, 6) is 1.10. The van der Waals surface area contributed by atoms with Gasteiger partial charge in [-0.05, 0) is 60.6 Å². The number of aryl methyl sites for hydroxylation is 1. The molecule has 0 unspecified atom stereocenters. The monoisotopic (exact) mass is 516 g/mol. The molecular formula is C27H36N2O6S. The van der Waals surface area contributed by atoms with Gasteiger partial charge < -0.3 is 19.5 Å². The van der Waals surface area contributed by atoms with E-state index in [1.54, 1.807) is 17.2 Å². The quantitative estimate of drug-likeness (QED) is 0.565. The Morgan fingerprint density at radius 1 is 1.19 bits per heavy atom. The number of benzene rings is 1. The molecule has 3 heterocycles. The normalized spacial score (nSPS) is 17.1. The van der Waals surface area contributed by atoms with Crippen molar-refractivity contribution in [2.24, 2.45) is 5.92 Å². The van der Waals surface area contributed by atoms with Crippen LogP contribution in [0.4, 0.5) is 4.79 Å². The molecule has 2 aliphatic rings. The number of carbonyl (C=O) groups is 1. The smallest absolute Gasteiger partial charge is 0.409 e. The molecule has 36 heavy (non-hydrogen) atoms. The Kier molecular flexibility index (Phi) is 8.20. The number of aliphatic hydroxyl groups is 1. The van der Waals surface area contributed by atoms with E-state index in [9.17, 15) is 13.2 Å². The first-order chi connectivity index (χ1) is 17.2. The van der Waals surface area contributed by atoms with Crippen molar-refractivity contribution in [3.05, 3.63) is 47.7 Å². The van der Waals surface area contributed by atoms with Gasteiger partial charge in [0.05, 0.1) is 23.8 Å². The molecule has 2 aromatic rings. The number of aromatic nitrogens is 1. The van der Waals surface area contributed by atoms with Crippen LogP contribution < -0.4 is 4.74 Å². The SMILES string of the molecule is CC(C)COC(=O)N1CCC2(CCc3cc(-c4ccc(CS(=O)(=O)CCCO)cn4)ccc3O2)CC1. The van der Waals surface area contributed by atoms with Gasteiger partial charge in [-0.1, -0.05) is 19.9 Å². The number of hydrogen-bond donors (Lipinski definition) is 1. The maximum atomic E-state index is 12.3. The van der Waals surface area contributed by atoms with E-state index in [4.69, 9.17) is 14.6 Å². The Balaban J connectivity index is 1.37. The Labute approximate surface area is 213 Å². The van der Waals surface area contributed by atoms with Gasteiger partial charge in [0.25, 0.3) is 0 Å². The van der Waals surface area contributed by atoms with Crippen molar-refractivity contribution in [3.63, 3.8) is 0 Å². The van der Waals surface area contributed by atoms with Crippen LogP contribution in [0.2, 0.25) is 0 Å². The molecule has 0 aliphatic carbocycles. The third-order valence-electron chi connectivity index (χ3n) is 6.83. The summed E-state index contributed by atoms with van der Waals surface area (Å²) < 4.78 is 36.1. The maximum Gasteiger partial charge on any atom is 0.409 e. The van der Waals surface area contributed by atoms with Crippen LogP contribution in [0.25, 0.3) is 11.3 Å². The zero-order valence-corrected chi connectivity index (χ0v) is 21.9. The lowest BCUT2D eigenvalue weighted by atomic mass is 9.83. The number of carbonyl (C=O) groups excluding carboxylic acids is 1. The van der Waals surface area contributed by atoms with E-state index in [1.807, 2.05) is 32.0 Å². The van der Waals surface area contributed by atoms with Crippen molar-refractivity contribution in [2.75, 3.05) is 32.1 Å². The summed E-state index contributed by atoms with van der Waals surface area (Å²) in [5.41, 5.74) is 3.27. The van der Waals surface area contributed by atoms with Crippen LogP contribution in [-0.4, -0.2) is 67.2 Å². The summed E-state index contributed by atoms with van der Waals surface area (Å²) in [4.78, 5) is 18.6. The lowest BCUT2D eigenvalue weighted by molar-refractivity contribution is -0.0152. The van der Waals surface area contributed by atoms with Crippen LogP contribution in [0, 0.1) is 5.92 Å². The molecule has 8 nitrogen and oxygen atoms in total. The van der Waals surface area contributed by atoms with Crippen LogP contribution in [0.15, 0.2) is 36.5 Å². The van der Waals surface area contributed by atoms with E-state index in [0.717, 1.165) is 48.3 Å². The van der Waals surface area contributed by atoms with Crippen molar-refractivity contribution in [3.8, 4) is 17.0 Å². The summed E-state index contributed by atoms with van der Waals surface area (Å²) in [6.45, 7) is 5.63. The molecule has 9 heteroatoms. The number of nitrogens with zero attached hydrogens (tertiary/aromatic N) is 2. The second-order valence-electron chi connectivity index (χ2n) is 10.3.